The van der Waals surface area contributed by atoms with Crippen LogP contribution in [0.5, 0.6) is 0 Å². The Kier molecular flexibility index (Phi) is 69.1. The predicted molar refractivity (Wildman–Crippen MR) is 362 cm³/mol. The van der Waals surface area contributed by atoms with E-state index < -0.39 is 6.10 Å². The minimum absolute atomic E-state index is 0.0743. The van der Waals surface area contributed by atoms with E-state index in [0.29, 0.717) is 19.3 Å². The molecule has 0 rings (SSSR count). The molecule has 1 atom stereocenters. The van der Waals surface area contributed by atoms with Crippen molar-refractivity contribution in [1.29, 1.82) is 0 Å². The number of hydrogen-bond donors (Lipinski definition) is 0. The van der Waals surface area contributed by atoms with Crippen LogP contribution in [0.1, 0.15) is 393 Å². The van der Waals surface area contributed by atoms with Crippen LogP contribution in [0, 0.1) is 0 Å². The first-order valence-corrected chi connectivity index (χ1v) is 36.8. The summed E-state index contributed by atoms with van der Waals surface area (Å²) in [6, 6.07) is 0. The molecule has 0 fully saturated rings. The molecule has 0 saturated carbocycles. The van der Waals surface area contributed by atoms with Gasteiger partial charge < -0.3 is 14.2 Å². The Morgan fingerprint density at radius 2 is 0.434 bits per heavy atom. The first-order valence-electron chi connectivity index (χ1n) is 36.8. The average molecular weight is 1160 g/mol. The number of hydrogen-bond acceptors (Lipinski definition) is 6. The molecule has 0 bridgehead atoms. The monoisotopic (exact) mass is 1160 g/mol. The molecule has 0 N–H and O–H groups in total. The second-order valence-corrected chi connectivity index (χ2v) is 24.9. The standard InChI is InChI=1S/C77H140O6/c1-4-7-10-13-16-19-22-25-28-30-32-33-34-35-36-37-38-39-40-41-42-43-45-46-49-52-55-58-61-64-67-70-76(79)82-73-74(72-81-75(78)69-66-63-60-57-54-51-48-27-24-21-18-15-12-9-6-3)83-77(80)71-68-65-62-59-56-53-50-47-44-31-29-26-23-20-17-14-11-8-5-2/h17,20,22,25-26,29-30,32,44,47,74H,4-16,18-19,21,23-24,27-28,31,33-43,45-46,48-73H2,1-3H3/b20-17-,25-22-,29-26-,32-30-,47-44-. The zero-order valence-electron chi connectivity index (χ0n) is 55.7. The highest BCUT2D eigenvalue weighted by Crippen LogP contribution is 2.18. The lowest BCUT2D eigenvalue weighted by Crippen LogP contribution is -2.30. The van der Waals surface area contributed by atoms with Crippen molar-refractivity contribution in [3.63, 3.8) is 0 Å². The third-order valence-corrected chi connectivity index (χ3v) is 16.5. The molecule has 0 amide bonds. The Morgan fingerprint density at radius 1 is 0.241 bits per heavy atom. The van der Waals surface area contributed by atoms with Crippen molar-refractivity contribution in [3.05, 3.63) is 60.8 Å². The van der Waals surface area contributed by atoms with E-state index in [-0.39, 0.29) is 31.1 Å². The second kappa shape index (κ2) is 71.6. The zero-order chi connectivity index (χ0) is 59.9. The van der Waals surface area contributed by atoms with Gasteiger partial charge in [-0.1, -0.05) is 345 Å². The van der Waals surface area contributed by atoms with Crippen LogP contribution in [-0.2, 0) is 28.6 Å². The van der Waals surface area contributed by atoms with E-state index >= 15 is 0 Å². The molecule has 1 unspecified atom stereocenters. The summed E-state index contributed by atoms with van der Waals surface area (Å²) >= 11 is 0. The van der Waals surface area contributed by atoms with Crippen LogP contribution in [0.15, 0.2) is 60.8 Å². The summed E-state index contributed by atoms with van der Waals surface area (Å²) in [5.41, 5.74) is 0. The average Bonchev–Trinajstić information content (AvgIpc) is 3.49. The molecule has 83 heavy (non-hydrogen) atoms. The van der Waals surface area contributed by atoms with Gasteiger partial charge in [0.1, 0.15) is 13.2 Å². The van der Waals surface area contributed by atoms with Crippen molar-refractivity contribution in [1.82, 2.24) is 0 Å². The molecule has 6 nitrogen and oxygen atoms in total. The molecule has 0 aliphatic rings. The maximum atomic E-state index is 13.0. The Bertz CT molecular complexity index is 1470. The van der Waals surface area contributed by atoms with Gasteiger partial charge in [-0.3, -0.25) is 14.4 Å². The zero-order valence-corrected chi connectivity index (χ0v) is 55.7. The van der Waals surface area contributed by atoms with Gasteiger partial charge in [0, 0.05) is 19.3 Å². The molecular weight excluding hydrogens is 1020 g/mol. The third-order valence-electron chi connectivity index (χ3n) is 16.5. The third kappa shape index (κ3) is 69.8. The lowest BCUT2D eigenvalue weighted by molar-refractivity contribution is -0.167. The van der Waals surface area contributed by atoms with Crippen LogP contribution < -0.4 is 0 Å². The molecule has 6 heteroatoms. The Morgan fingerprint density at radius 3 is 0.699 bits per heavy atom. The predicted octanol–water partition coefficient (Wildman–Crippen LogP) is 25.5. The van der Waals surface area contributed by atoms with Crippen LogP contribution >= 0.6 is 0 Å². The Balaban J connectivity index is 4.21. The van der Waals surface area contributed by atoms with Gasteiger partial charge in [0.2, 0.25) is 0 Å². The number of carbonyl (C=O) groups is 3. The Labute approximate surface area is 517 Å². The van der Waals surface area contributed by atoms with E-state index in [1.165, 1.54) is 270 Å². The molecule has 0 saturated heterocycles. The largest absolute Gasteiger partial charge is 0.462 e. The minimum atomic E-state index is -0.780. The summed E-state index contributed by atoms with van der Waals surface area (Å²) in [6.07, 6.45) is 92.6. The van der Waals surface area contributed by atoms with Gasteiger partial charge >= 0.3 is 17.9 Å². The number of unbranched alkanes of at least 4 members (excludes halogenated alkanes) is 47. The number of carbonyl (C=O) groups excluding carboxylic acids is 3. The van der Waals surface area contributed by atoms with Gasteiger partial charge in [-0.25, -0.2) is 0 Å². The van der Waals surface area contributed by atoms with Crippen LogP contribution in [0.4, 0.5) is 0 Å². The fraction of sp³-hybridized carbons (Fsp3) is 0.831. The quantitative estimate of drug-likeness (QED) is 0.0261. The summed E-state index contributed by atoms with van der Waals surface area (Å²) < 4.78 is 17.0. The first-order chi connectivity index (χ1) is 41.0. The second-order valence-electron chi connectivity index (χ2n) is 24.9. The van der Waals surface area contributed by atoms with Gasteiger partial charge in [0.25, 0.3) is 0 Å². The van der Waals surface area contributed by atoms with Crippen LogP contribution in [0.3, 0.4) is 0 Å². The van der Waals surface area contributed by atoms with Crippen molar-refractivity contribution in [2.24, 2.45) is 0 Å². The van der Waals surface area contributed by atoms with Crippen molar-refractivity contribution in [2.45, 2.75) is 399 Å². The van der Waals surface area contributed by atoms with Crippen molar-refractivity contribution in [2.75, 3.05) is 13.2 Å². The fourth-order valence-electron chi connectivity index (χ4n) is 11.0. The molecule has 0 aromatic carbocycles. The summed E-state index contributed by atoms with van der Waals surface area (Å²) in [7, 11) is 0. The molecular formula is C77H140O6. The summed E-state index contributed by atoms with van der Waals surface area (Å²) in [4.78, 5) is 38.5. The van der Waals surface area contributed by atoms with E-state index in [4.69, 9.17) is 14.2 Å². The van der Waals surface area contributed by atoms with Crippen molar-refractivity contribution >= 4 is 17.9 Å². The van der Waals surface area contributed by atoms with Crippen LogP contribution in [0.25, 0.3) is 0 Å². The lowest BCUT2D eigenvalue weighted by atomic mass is 10.0. The molecule has 0 aliphatic carbocycles. The summed E-state index contributed by atoms with van der Waals surface area (Å²) in [6.45, 7) is 6.66. The van der Waals surface area contributed by atoms with E-state index in [1.54, 1.807) is 0 Å². The van der Waals surface area contributed by atoms with Crippen LogP contribution in [0.2, 0.25) is 0 Å². The van der Waals surface area contributed by atoms with E-state index in [1.807, 2.05) is 0 Å². The molecule has 0 spiro atoms. The van der Waals surface area contributed by atoms with Gasteiger partial charge in [0.15, 0.2) is 6.10 Å². The van der Waals surface area contributed by atoms with Crippen molar-refractivity contribution in [3.8, 4) is 0 Å². The molecule has 0 aromatic rings. The maximum absolute atomic E-state index is 13.0. The molecule has 0 aliphatic heterocycles. The van der Waals surface area contributed by atoms with E-state index in [9.17, 15) is 14.4 Å². The van der Waals surface area contributed by atoms with Gasteiger partial charge in [-0.05, 0) is 89.9 Å². The molecule has 484 valence electrons. The smallest absolute Gasteiger partial charge is 0.306 e. The summed E-state index contributed by atoms with van der Waals surface area (Å²) in [5, 5.41) is 0. The highest BCUT2D eigenvalue weighted by atomic mass is 16.6. The highest BCUT2D eigenvalue weighted by molar-refractivity contribution is 5.71. The fourth-order valence-corrected chi connectivity index (χ4v) is 11.0. The number of allylic oxidation sites excluding steroid dienone is 10. The van der Waals surface area contributed by atoms with Gasteiger partial charge in [-0.2, -0.15) is 0 Å². The topological polar surface area (TPSA) is 78.9 Å². The first kappa shape index (κ1) is 80.1. The summed E-state index contributed by atoms with van der Waals surface area (Å²) in [5.74, 6) is -0.860. The normalized spacial score (nSPS) is 12.4. The lowest BCUT2D eigenvalue weighted by Gasteiger charge is -2.18. The number of rotatable bonds is 68. The van der Waals surface area contributed by atoms with E-state index in [0.717, 1.165) is 83.5 Å². The maximum Gasteiger partial charge on any atom is 0.306 e. The van der Waals surface area contributed by atoms with E-state index in [2.05, 4.69) is 81.5 Å². The Hall–Kier alpha value is -2.89. The SMILES string of the molecule is CCCCC/C=C\C/C=C\C/C=C\CCCCCCCCC(=O)OC(COC(=O)CCCCCCCCCCCCCCCCC)COC(=O)CCCCCCCCCCCCCCCCCCCCC/C=C\C/C=C\CCCCCCC. The van der Waals surface area contributed by atoms with Gasteiger partial charge in [0.05, 0.1) is 0 Å². The molecule has 0 aromatic heterocycles. The molecule has 0 heterocycles. The van der Waals surface area contributed by atoms with Crippen LogP contribution in [-0.4, -0.2) is 37.2 Å². The van der Waals surface area contributed by atoms with Gasteiger partial charge in [-0.15, -0.1) is 0 Å². The van der Waals surface area contributed by atoms with Crippen molar-refractivity contribution < 1.29 is 28.6 Å². The molecule has 0 radical (unpaired) electrons. The number of esters is 3. The highest BCUT2D eigenvalue weighted by Gasteiger charge is 2.19. The number of ether oxygens (including phenoxy) is 3. The minimum Gasteiger partial charge on any atom is -0.462 e.